The number of nitrogens with zero attached hydrogens (tertiary/aromatic N) is 7. The summed E-state index contributed by atoms with van der Waals surface area (Å²) in [5.74, 6) is 0.755. The predicted octanol–water partition coefficient (Wildman–Crippen LogP) is 4.24. The monoisotopic (exact) mass is 471 g/mol. The van der Waals surface area contributed by atoms with Crippen LogP contribution in [0.5, 0.6) is 6.01 Å². The second-order valence-corrected chi connectivity index (χ2v) is 9.04. The van der Waals surface area contributed by atoms with Crippen LogP contribution in [0, 0.1) is 18.7 Å². The average Bonchev–Trinajstić information content (AvgIpc) is 3.24. The van der Waals surface area contributed by atoms with E-state index in [1.165, 1.54) is 36.2 Å². The standard InChI is InChI=1S/C26H26FN7O/c1-3-35-26-30-16(2)23-25(32-26)34(24(31-23)19-10-20(27)13-28-11-19)14-21-5-4-18(12-29-21)22-15-33-8-6-17(22)7-9-33/h4-5,10-13,15,17H,3,6-9,14H2,1-2H3. The van der Waals surface area contributed by atoms with E-state index in [1.54, 1.807) is 6.20 Å². The van der Waals surface area contributed by atoms with E-state index in [-0.39, 0.29) is 0 Å². The number of hydrogen-bond acceptors (Lipinski definition) is 7. The molecule has 8 nitrogen and oxygen atoms in total. The minimum atomic E-state index is -0.424. The SMILES string of the molecule is CCOc1nc(C)c2nc(-c3cncc(F)c3)n(Cc3ccc(C4=CN5CCC4CC5)cn3)c2n1. The van der Waals surface area contributed by atoms with E-state index >= 15 is 0 Å². The van der Waals surface area contributed by atoms with E-state index in [9.17, 15) is 4.39 Å². The van der Waals surface area contributed by atoms with Crippen molar-refractivity contribution in [2.75, 3.05) is 19.7 Å². The van der Waals surface area contributed by atoms with Crippen molar-refractivity contribution in [1.29, 1.82) is 0 Å². The number of imidazole rings is 1. The van der Waals surface area contributed by atoms with Crippen molar-refractivity contribution in [3.8, 4) is 17.4 Å². The summed E-state index contributed by atoms with van der Waals surface area (Å²) in [7, 11) is 0. The molecular weight excluding hydrogens is 445 g/mol. The molecule has 0 spiro atoms. The highest BCUT2D eigenvalue weighted by Gasteiger charge is 2.28. The molecule has 9 heteroatoms. The van der Waals surface area contributed by atoms with Gasteiger partial charge in [-0.3, -0.25) is 9.97 Å². The van der Waals surface area contributed by atoms with Crippen molar-refractivity contribution in [1.82, 2.24) is 34.4 Å². The molecule has 2 bridgehead atoms. The number of piperidine rings is 1. The first kappa shape index (κ1) is 21.6. The zero-order valence-corrected chi connectivity index (χ0v) is 19.8. The molecular formula is C26H26FN7O. The van der Waals surface area contributed by atoms with Gasteiger partial charge in [0.05, 0.1) is 30.7 Å². The predicted molar refractivity (Wildman–Crippen MR) is 130 cm³/mol. The van der Waals surface area contributed by atoms with Crippen LogP contribution in [0.15, 0.2) is 43.0 Å². The average molecular weight is 472 g/mol. The van der Waals surface area contributed by atoms with Crippen molar-refractivity contribution < 1.29 is 9.13 Å². The molecule has 7 rings (SSSR count). The first-order valence-corrected chi connectivity index (χ1v) is 12.0. The number of fused-ring (bicyclic) bond motifs is 3. The van der Waals surface area contributed by atoms with Gasteiger partial charge in [0.2, 0.25) is 0 Å². The van der Waals surface area contributed by atoms with Gasteiger partial charge in [-0.2, -0.15) is 9.97 Å². The van der Waals surface area contributed by atoms with Gasteiger partial charge in [-0.1, -0.05) is 6.07 Å². The first-order valence-electron chi connectivity index (χ1n) is 12.0. The molecule has 4 aromatic rings. The fourth-order valence-corrected chi connectivity index (χ4v) is 5.01. The highest BCUT2D eigenvalue weighted by Crippen LogP contribution is 2.37. The van der Waals surface area contributed by atoms with Crippen LogP contribution in [0.25, 0.3) is 28.1 Å². The lowest BCUT2D eigenvalue weighted by Gasteiger charge is -2.39. The number of pyridine rings is 2. The van der Waals surface area contributed by atoms with E-state index in [0.29, 0.717) is 53.3 Å². The highest BCUT2D eigenvalue weighted by molar-refractivity contribution is 5.79. The van der Waals surface area contributed by atoms with Gasteiger partial charge in [0.15, 0.2) is 5.65 Å². The third-order valence-electron chi connectivity index (χ3n) is 6.75. The number of aryl methyl sites for hydroxylation is 1. The number of halogens is 1. The summed E-state index contributed by atoms with van der Waals surface area (Å²) in [6.07, 6.45) is 9.45. The molecule has 35 heavy (non-hydrogen) atoms. The third kappa shape index (κ3) is 4.00. The summed E-state index contributed by atoms with van der Waals surface area (Å²) in [5.41, 5.74) is 5.92. The summed E-state index contributed by atoms with van der Waals surface area (Å²) in [5, 5.41) is 0. The van der Waals surface area contributed by atoms with Crippen LogP contribution in [0.2, 0.25) is 0 Å². The highest BCUT2D eigenvalue weighted by atomic mass is 19.1. The van der Waals surface area contributed by atoms with Gasteiger partial charge in [-0.05, 0) is 55.9 Å². The minimum absolute atomic E-state index is 0.292. The van der Waals surface area contributed by atoms with Crippen LogP contribution in [0.3, 0.4) is 0 Å². The molecule has 4 aromatic heterocycles. The van der Waals surface area contributed by atoms with Gasteiger partial charge >= 0.3 is 6.01 Å². The van der Waals surface area contributed by atoms with E-state index in [2.05, 4.69) is 32.1 Å². The smallest absolute Gasteiger partial charge is 0.318 e. The molecule has 1 saturated heterocycles. The summed E-state index contributed by atoms with van der Waals surface area (Å²) < 4.78 is 21.5. The third-order valence-corrected chi connectivity index (χ3v) is 6.75. The first-order chi connectivity index (χ1) is 17.1. The Hall–Kier alpha value is -3.88. The number of aromatic nitrogens is 6. The minimum Gasteiger partial charge on any atom is -0.464 e. The molecule has 0 amide bonds. The van der Waals surface area contributed by atoms with E-state index in [1.807, 2.05) is 30.7 Å². The molecule has 0 aliphatic carbocycles. The largest absolute Gasteiger partial charge is 0.464 e. The van der Waals surface area contributed by atoms with Crippen LogP contribution < -0.4 is 4.74 Å². The number of hydrogen-bond donors (Lipinski definition) is 0. The summed E-state index contributed by atoms with van der Waals surface area (Å²) >= 11 is 0. The number of allylic oxidation sites excluding steroid dienone is 1. The van der Waals surface area contributed by atoms with Gasteiger partial charge in [0.1, 0.15) is 17.2 Å². The van der Waals surface area contributed by atoms with Crippen molar-refractivity contribution >= 4 is 16.7 Å². The van der Waals surface area contributed by atoms with Crippen LogP contribution >= 0.6 is 0 Å². The maximum Gasteiger partial charge on any atom is 0.318 e. The van der Waals surface area contributed by atoms with Gasteiger partial charge < -0.3 is 14.2 Å². The maximum atomic E-state index is 14.0. The van der Waals surface area contributed by atoms with Gasteiger partial charge in [-0.15, -0.1) is 0 Å². The van der Waals surface area contributed by atoms with Crippen molar-refractivity contribution in [2.45, 2.75) is 33.2 Å². The second kappa shape index (κ2) is 8.72. The van der Waals surface area contributed by atoms with Crippen molar-refractivity contribution in [3.05, 3.63) is 65.8 Å². The molecule has 3 aliphatic heterocycles. The Labute approximate surface area is 202 Å². The van der Waals surface area contributed by atoms with Gasteiger partial charge in [0.25, 0.3) is 0 Å². The Morgan fingerprint density at radius 3 is 2.60 bits per heavy atom. The topological polar surface area (TPSA) is 81.9 Å². The molecule has 0 N–H and O–H groups in total. The lowest BCUT2D eigenvalue weighted by molar-refractivity contribution is 0.252. The number of rotatable bonds is 6. The zero-order chi connectivity index (χ0) is 23.9. The van der Waals surface area contributed by atoms with E-state index < -0.39 is 5.82 Å². The van der Waals surface area contributed by atoms with Crippen LogP contribution in [-0.4, -0.2) is 54.1 Å². The Kier molecular flexibility index (Phi) is 5.39. The van der Waals surface area contributed by atoms with Crippen LogP contribution in [0.4, 0.5) is 4.39 Å². The quantitative estimate of drug-likeness (QED) is 0.416. The Morgan fingerprint density at radius 1 is 1.06 bits per heavy atom. The summed E-state index contributed by atoms with van der Waals surface area (Å²) in [6.45, 7) is 6.93. The molecule has 0 atom stereocenters. The molecule has 1 fully saturated rings. The van der Waals surface area contributed by atoms with Crippen LogP contribution in [-0.2, 0) is 6.54 Å². The Morgan fingerprint density at radius 2 is 1.91 bits per heavy atom. The Bertz CT molecular complexity index is 1420. The van der Waals surface area contributed by atoms with Crippen LogP contribution in [0.1, 0.15) is 36.7 Å². The maximum absolute atomic E-state index is 14.0. The van der Waals surface area contributed by atoms with E-state index in [0.717, 1.165) is 18.8 Å². The molecule has 0 aromatic carbocycles. The Balaban J connectivity index is 1.41. The molecule has 178 valence electrons. The molecule has 3 aliphatic rings. The molecule has 7 heterocycles. The van der Waals surface area contributed by atoms with Crippen molar-refractivity contribution in [3.63, 3.8) is 0 Å². The fourth-order valence-electron chi connectivity index (χ4n) is 5.01. The molecule has 0 unspecified atom stereocenters. The number of ether oxygens (including phenoxy) is 1. The normalized spacial score (nSPS) is 15.6. The molecule has 0 radical (unpaired) electrons. The summed E-state index contributed by atoms with van der Waals surface area (Å²) in [4.78, 5) is 25.0. The zero-order valence-electron chi connectivity index (χ0n) is 19.8. The summed E-state index contributed by atoms with van der Waals surface area (Å²) in [6, 6.07) is 5.91. The fraction of sp³-hybridized carbons (Fsp3) is 0.346. The molecule has 0 saturated carbocycles. The lowest BCUT2D eigenvalue weighted by atomic mass is 9.83. The second-order valence-electron chi connectivity index (χ2n) is 9.04. The van der Waals surface area contributed by atoms with Gasteiger partial charge in [0, 0.05) is 37.2 Å². The lowest BCUT2D eigenvalue weighted by Crippen LogP contribution is -2.35. The van der Waals surface area contributed by atoms with Gasteiger partial charge in [-0.25, -0.2) is 9.37 Å². The van der Waals surface area contributed by atoms with Crippen molar-refractivity contribution in [2.24, 2.45) is 5.92 Å². The van der Waals surface area contributed by atoms with E-state index in [4.69, 9.17) is 14.7 Å².